The molecule has 2 N–H and O–H groups in total. The van der Waals surface area contributed by atoms with E-state index in [1.165, 1.54) is 7.05 Å². The molecule has 0 aliphatic rings. The predicted molar refractivity (Wildman–Crippen MR) is 119 cm³/mol. The van der Waals surface area contributed by atoms with Crippen LogP contribution in [-0.4, -0.2) is 50.6 Å². The first-order chi connectivity index (χ1) is 15.2. The number of amides is 2. The maximum atomic E-state index is 12.3. The number of rotatable bonds is 9. The van der Waals surface area contributed by atoms with Crippen molar-refractivity contribution in [3.05, 3.63) is 45.3 Å². The number of esters is 2. The fraction of sp³-hybridized carbons (Fsp3) is 0.364. The van der Waals surface area contributed by atoms with E-state index < -0.39 is 30.4 Å². The molecule has 0 unspecified atom stereocenters. The van der Waals surface area contributed by atoms with E-state index in [1.807, 2.05) is 19.9 Å². The molecule has 172 valence electrons. The maximum Gasteiger partial charge on any atom is 0.344 e. The zero-order valence-electron chi connectivity index (χ0n) is 18.6. The highest BCUT2D eigenvalue weighted by Gasteiger charge is 2.26. The summed E-state index contributed by atoms with van der Waals surface area (Å²) in [6, 6.07) is 5.42. The van der Waals surface area contributed by atoms with Gasteiger partial charge in [0.25, 0.3) is 11.8 Å². The van der Waals surface area contributed by atoms with Crippen LogP contribution in [0.4, 0.5) is 5.00 Å². The van der Waals surface area contributed by atoms with Crippen LogP contribution in [0.5, 0.6) is 5.75 Å². The number of aryl methyl sites for hydroxylation is 2. The van der Waals surface area contributed by atoms with Gasteiger partial charge in [0.05, 0.1) is 17.0 Å². The second kappa shape index (κ2) is 11.3. The van der Waals surface area contributed by atoms with Crippen LogP contribution in [0.1, 0.15) is 43.6 Å². The molecule has 10 heteroatoms. The van der Waals surface area contributed by atoms with Crippen molar-refractivity contribution in [3.63, 3.8) is 0 Å². The maximum absolute atomic E-state index is 12.3. The lowest BCUT2D eigenvalue weighted by Crippen LogP contribution is -2.24. The number of carbonyl (C=O) groups is 4. The molecule has 1 aromatic heterocycles. The number of thiophene rings is 1. The van der Waals surface area contributed by atoms with Crippen LogP contribution in [0.2, 0.25) is 0 Å². The molecule has 0 saturated heterocycles. The molecule has 1 aromatic carbocycles. The van der Waals surface area contributed by atoms with Gasteiger partial charge in [-0.05, 0) is 56.5 Å². The van der Waals surface area contributed by atoms with E-state index in [1.54, 1.807) is 26.0 Å². The first kappa shape index (κ1) is 24.9. The van der Waals surface area contributed by atoms with Gasteiger partial charge in [-0.2, -0.15) is 0 Å². The van der Waals surface area contributed by atoms with Crippen molar-refractivity contribution in [1.82, 2.24) is 5.32 Å². The first-order valence-corrected chi connectivity index (χ1v) is 10.7. The molecule has 2 rings (SSSR count). The molecular weight excluding hydrogens is 436 g/mol. The Balaban J connectivity index is 1.99. The Morgan fingerprint density at radius 3 is 2.34 bits per heavy atom. The Bertz CT molecular complexity index is 1030. The topological polar surface area (TPSA) is 120 Å². The number of anilines is 1. The van der Waals surface area contributed by atoms with Crippen LogP contribution >= 0.6 is 11.3 Å². The van der Waals surface area contributed by atoms with Gasteiger partial charge in [-0.3, -0.25) is 9.59 Å². The van der Waals surface area contributed by atoms with Gasteiger partial charge >= 0.3 is 11.9 Å². The summed E-state index contributed by atoms with van der Waals surface area (Å²) in [5, 5.41) is 5.14. The lowest BCUT2D eigenvalue weighted by Gasteiger charge is -2.09. The Hall–Kier alpha value is -3.40. The number of nitrogens with one attached hydrogen (secondary N) is 2. The van der Waals surface area contributed by atoms with Gasteiger partial charge in [0.1, 0.15) is 10.8 Å². The third kappa shape index (κ3) is 6.30. The van der Waals surface area contributed by atoms with Crippen LogP contribution < -0.4 is 15.4 Å². The minimum atomic E-state index is -0.725. The van der Waals surface area contributed by atoms with E-state index in [0.717, 1.165) is 22.5 Å². The summed E-state index contributed by atoms with van der Waals surface area (Å²) in [7, 11) is 1.46. The average Bonchev–Trinajstić information content (AvgIpc) is 3.08. The normalized spacial score (nSPS) is 10.3. The van der Waals surface area contributed by atoms with Gasteiger partial charge in [0, 0.05) is 7.05 Å². The van der Waals surface area contributed by atoms with Crippen LogP contribution in [0.25, 0.3) is 0 Å². The Morgan fingerprint density at radius 2 is 1.72 bits per heavy atom. The van der Waals surface area contributed by atoms with Gasteiger partial charge in [0.2, 0.25) is 0 Å². The first-order valence-electron chi connectivity index (χ1n) is 9.86. The zero-order valence-corrected chi connectivity index (χ0v) is 19.4. The van der Waals surface area contributed by atoms with Gasteiger partial charge in [0.15, 0.2) is 13.2 Å². The second-order valence-electron chi connectivity index (χ2n) is 6.80. The molecule has 2 aromatic rings. The van der Waals surface area contributed by atoms with Gasteiger partial charge < -0.3 is 24.8 Å². The molecule has 0 atom stereocenters. The third-order valence-corrected chi connectivity index (χ3v) is 5.72. The van der Waals surface area contributed by atoms with Gasteiger partial charge in [-0.15, -0.1) is 11.3 Å². The van der Waals surface area contributed by atoms with Crippen LogP contribution in [0.15, 0.2) is 18.2 Å². The van der Waals surface area contributed by atoms with Gasteiger partial charge in [-0.1, -0.05) is 6.07 Å². The standard InChI is InChI=1S/C22H26N2O7S/c1-6-29-22(28)18-14(4)19(20(27)23-5)32-21(18)24-16(25)10-31-17(26)11-30-15-8-7-12(2)13(3)9-15/h7-9H,6,10-11H2,1-5H3,(H,23,27)(H,24,25). The molecule has 0 bridgehead atoms. The molecule has 2 amide bonds. The number of ether oxygens (including phenoxy) is 3. The Kier molecular flexibility index (Phi) is 8.77. The molecule has 0 radical (unpaired) electrons. The quantitative estimate of drug-likeness (QED) is 0.550. The summed E-state index contributed by atoms with van der Waals surface area (Å²) in [5.74, 6) is -1.93. The highest BCUT2D eigenvalue weighted by Crippen LogP contribution is 2.33. The summed E-state index contributed by atoms with van der Waals surface area (Å²) in [6.07, 6.45) is 0. The highest BCUT2D eigenvalue weighted by molar-refractivity contribution is 7.18. The van der Waals surface area contributed by atoms with E-state index in [-0.39, 0.29) is 28.7 Å². The molecule has 0 spiro atoms. The van der Waals surface area contributed by atoms with E-state index in [0.29, 0.717) is 11.3 Å². The number of hydrogen-bond acceptors (Lipinski definition) is 8. The minimum absolute atomic E-state index is 0.0909. The molecule has 1 heterocycles. The monoisotopic (exact) mass is 462 g/mol. The summed E-state index contributed by atoms with van der Waals surface area (Å²) in [5.41, 5.74) is 2.60. The van der Waals surface area contributed by atoms with Crippen molar-refractivity contribution in [3.8, 4) is 5.75 Å². The molecular formula is C22H26N2O7S. The SMILES string of the molecule is CCOC(=O)c1c(NC(=O)COC(=O)COc2ccc(C)c(C)c2)sc(C(=O)NC)c1C. The molecule has 32 heavy (non-hydrogen) atoms. The lowest BCUT2D eigenvalue weighted by atomic mass is 10.1. The zero-order chi connectivity index (χ0) is 23.8. The lowest BCUT2D eigenvalue weighted by molar-refractivity contribution is -0.149. The molecule has 0 aliphatic heterocycles. The molecule has 0 saturated carbocycles. The van der Waals surface area contributed by atoms with Crippen molar-refractivity contribution in [2.24, 2.45) is 0 Å². The van der Waals surface area contributed by atoms with Crippen molar-refractivity contribution in [1.29, 1.82) is 0 Å². The van der Waals surface area contributed by atoms with Crippen molar-refractivity contribution >= 4 is 40.1 Å². The fourth-order valence-corrected chi connectivity index (χ4v) is 3.83. The Morgan fingerprint density at radius 1 is 1.00 bits per heavy atom. The molecule has 9 nitrogen and oxygen atoms in total. The van der Waals surface area contributed by atoms with Crippen molar-refractivity contribution < 1.29 is 33.4 Å². The smallest absolute Gasteiger partial charge is 0.344 e. The average molecular weight is 463 g/mol. The van der Waals surface area contributed by atoms with E-state index in [4.69, 9.17) is 14.2 Å². The number of benzene rings is 1. The number of hydrogen-bond donors (Lipinski definition) is 2. The van der Waals surface area contributed by atoms with Crippen LogP contribution in [0.3, 0.4) is 0 Å². The fourth-order valence-electron chi connectivity index (χ4n) is 2.68. The van der Waals surface area contributed by atoms with Crippen molar-refractivity contribution in [2.75, 3.05) is 32.2 Å². The highest BCUT2D eigenvalue weighted by atomic mass is 32.1. The van der Waals surface area contributed by atoms with Crippen molar-refractivity contribution in [2.45, 2.75) is 27.7 Å². The van der Waals surface area contributed by atoms with E-state index in [9.17, 15) is 19.2 Å². The summed E-state index contributed by atoms with van der Waals surface area (Å²) in [4.78, 5) is 48.9. The minimum Gasteiger partial charge on any atom is -0.482 e. The van der Waals surface area contributed by atoms with Crippen LogP contribution in [-0.2, 0) is 19.1 Å². The number of carbonyl (C=O) groups excluding carboxylic acids is 4. The summed E-state index contributed by atoms with van der Waals surface area (Å²) < 4.78 is 15.3. The predicted octanol–water partition coefficient (Wildman–Crippen LogP) is 2.77. The van der Waals surface area contributed by atoms with Gasteiger partial charge in [-0.25, -0.2) is 9.59 Å². The second-order valence-corrected chi connectivity index (χ2v) is 7.82. The summed E-state index contributed by atoms with van der Waals surface area (Å²) in [6.45, 7) is 6.33. The third-order valence-electron chi connectivity index (χ3n) is 4.51. The van der Waals surface area contributed by atoms with E-state index in [2.05, 4.69) is 10.6 Å². The van der Waals surface area contributed by atoms with E-state index >= 15 is 0 Å². The van der Waals surface area contributed by atoms with Crippen LogP contribution in [0, 0.1) is 20.8 Å². The Labute approximate surface area is 190 Å². The largest absolute Gasteiger partial charge is 0.482 e. The molecule has 0 aliphatic carbocycles. The molecule has 0 fully saturated rings. The summed E-state index contributed by atoms with van der Waals surface area (Å²) >= 11 is 0.936.